The molecule has 1 amide bonds. The third-order valence-electron chi connectivity index (χ3n) is 5.79. The van der Waals surface area contributed by atoms with Crippen molar-refractivity contribution in [1.82, 2.24) is 25.1 Å². The minimum atomic E-state index is 0.124. The first-order valence-electron chi connectivity index (χ1n) is 10.5. The van der Waals surface area contributed by atoms with E-state index in [0.717, 1.165) is 58.9 Å². The molecule has 1 aliphatic carbocycles. The number of amides is 1. The highest BCUT2D eigenvalue weighted by atomic mass is 32.2. The molecular weight excluding hydrogens is 414 g/mol. The molecule has 0 radical (unpaired) electrons. The predicted molar refractivity (Wildman–Crippen MR) is 119 cm³/mol. The van der Waals surface area contributed by atoms with E-state index in [0.29, 0.717) is 11.8 Å². The number of hydrogen-bond donors (Lipinski definition) is 1. The molecule has 3 aromatic rings. The van der Waals surface area contributed by atoms with Crippen LogP contribution < -0.4 is 0 Å². The number of carbonyl (C=O) groups excluding carboxylic acids is 1. The Bertz CT molecular complexity index is 1020. The lowest BCUT2D eigenvalue weighted by molar-refractivity contribution is 0.0711. The molecule has 0 atom stereocenters. The van der Waals surface area contributed by atoms with Crippen molar-refractivity contribution in [3.63, 3.8) is 0 Å². The number of nitrogens with zero attached hydrogens (tertiary/aromatic N) is 4. The van der Waals surface area contributed by atoms with E-state index in [1.807, 2.05) is 24.0 Å². The lowest BCUT2D eigenvalue weighted by atomic mass is 9.95. The van der Waals surface area contributed by atoms with Crippen molar-refractivity contribution in [2.24, 2.45) is 0 Å². The summed E-state index contributed by atoms with van der Waals surface area (Å²) >= 11 is 3.42. The van der Waals surface area contributed by atoms with Gasteiger partial charge in [0, 0.05) is 47.3 Å². The van der Waals surface area contributed by atoms with Gasteiger partial charge in [-0.25, -0.2) is 9.97 Å². The highest BCUT2D eigenvalue weighted by molar-refractivity contribution is 8.00. The number of aromatic nitrogens is 4. The van der Waals surface area contributed by atoms with E-state index >= 15 is 0 Å². The zero-order valence-electron chi connectivity index (χ0n) is 17.0. The minimum absolute atomic E-state index is 0.124. The fourth-order valence-corrected chi connectivity index (χ4v) is 5.63. The van der Waals surface area contributed by atoms with Crippen LogP contribution in [0.1, 0.15) is 70.8 Å². The van der Waals surface area contributed by atoms with Crippen LogP contribution >= 0.6 is 23.1 Å². The minimum Gasteiger partial charge on any atom is -0.339 e. The van der Waals surface area contributed by atoms with Crippen LogP contribution in [0.2, 0.25) is 0 Å². The number of rotatable bonds is 6. The van der Waals surface area contributed by atoms with Crippen molar-refractivity contribution in [2.75, 3.05) is 13.1 Å². The highest BCUT2D eigenvalue weighted by Gasteiger charge is 2.30. The average Bonchev–Trinajstić information content (AvgIpc) is 3.36. The van der Waals surface area contributed by atoms with Crippen molar-refractivity contribution >= 4 is 29.0 Å². The molecule has 0 spiro atoms. The van der Waals surface area contributed by atoms with Crippen molar-refractivity contribution < 1.29 is 4.79 Å². The molecule has 2 aliphatic rings. The van der Waals surface area contributed by atoms with Gasteiger partial charge in [-0.2, -0.15) is 5.10 Å². The predicted octanol–water partition coefficient (Wildman–Crippen LogP) is 4.76. The number of aromatic amines is 1. The standard InChI is InChI=1S/C22H25N5OS2/c1-14-12-29-22(23-14)30-13-15-2-4-18(5-3-15)21(28)27-10-8-17(9-11-27)20-24-19(25-26-20)16-6-7-16/h2-5,12,16-17H,6-11,13H2,1H3,(H,24,25,26). The molecule has 0 unspecified atom stereocenters. The average molecular weight is 440 g/mol. The number of thioether (sulfide) groups is 1. The summed E-state index contributed by atoms with van der Waals surface area (Å²) in [5.74, 6) is 3.92. The van der Waals surface area contributed by atoms with E-state index in [2.05, 4.69) is 32.7 Å². The maximum absolute atomic E-state index is 12.9. The molecule has 1 saturated carbocycles. The van der Waals surface area contributed by atoms with Crippen molar-refractivity contribution in [1.29, 1.82) is 0 Å². The summed E-state index contributed by atoms with van der Waals surface area (Å²) < 4.78 is 1.09. The van der Waals surface area contributed by atoms with Crippen LogP contribution in [0, 0.1) is 6.92 Å². The van der Waals surface area contributed by atoms with Crippen LogP contribution in [-0.4, -0.2) is 44.1 Å². The quantitative estimate of drug-likeness (QED) is 0.561. The van der Waals surface area contributed by atoms with Gasteiger partial charge in [0.2, 0.25) is 0 Å². The monoisotopic (exact) mass is 439 g/mol. The smallest absolute Gasteiger partial charge is 0.253 e. The third-order valence-corrected chi connectivity index (χ3v) is 8.00. The summed E-state index contributed by atoms with van der Waals surface area (Å²) in [6, 6.07) is 8.02. The number of piperidine rings is 1. The van der Waals surface area contributed by atoms with Gasteiger partial charge in [-0.05, 0) is 50.3 Å². The Hall–Kier alpha value is -2.19. The van der Waals surface area contributed by atoms with E-state index < -0.39 is 0 Å². The molecule has 0 bridgehead atoms. The van der Waals surface area contributed by atoms with Gasteiger partial charge in [-0.15, -0.1) is 11.3 Å². The molecule has 1 N–H and O–H groups in total. The Morgan fingerprint density at radius 2 is 1.90 bits per heavy atom. The van der Waals surface area contributed by atoms with Crippen LogP contribution in [0.5, 0.6) is 0 Å². The molecule has 156 valence electrons. The summed E-state index contributed by atoms with van der Waals surface area (Å²) in [5.41, 5.74) is 3.04. The van der Waals surface area contributed by atoms with Gasteiger partial charge >= 0.3 is 0 Å². The number of carbonyl (C=O) groups is 1. The molecule has 1 aliphatic heterocycles. The van der Waals surface area contributed by atoms with Crippen LogP contribution in [0.4, 0.5) is 0 Å². The lowest BCUT2D eigenvalue weighted by Gasteiger charge is -2.31. The summed E-state index contributed by atoms with van der Waals surface area (Å²) in [5, 5.41) is 9.58. The van der Waals surface area contributed by atoms with Crippen molar-refractivity contribution in [2.45, 2.75) is 54.5 Å². The van der Waals surface area contributed by atoms with E-state index in [1.165, 1.54) is 18.4 Å². The lowest BCUT2D eigenvalue weighted by Crippen LogP contribution is -2.38. The van der Waals surface area contributed by atoms with Crippen LogP contribution in [0.3, 0.4) is 0 Å². The maximum Gasteiger partial charge on any atom is 0.253 e. The number of hydrogen-bond acceptors (Lipinski definition) is 6. The van der Waals surface area contributed by atoms with Gasteiger partial charge in [0.05, 0.1) is 0 Å². The van der Waals surface area contributed by atoms with Gasteiger partial charge in [0.1, 0.15) is 10.2 Å². The van der Waals surface area contributed by atoms with Crippen LogP contribution in [0.15, 0.2) is 34.0 Å². The van der Waals surface area contributed by atoms with Gasteiger partial charge in [-0.1, -0.05) is 23.9 Å². The molecule has 30 heavy (non-hydrogen) atoms. The summed E-state index contributed by atoms with van der Waals surface area (Å²) in [6.45, 7) is 3.55. The van der Waals surface area contributed by atoms with E-state index in [1.54, 1.807) is 23.1 Å². The van der Waals surface area contributed by atoms with Gasteiger partial charge in [0.15, 0.2) is 5.82 Å². The van der Waals surface area contributed by atoms with Gasteiger partial charge in [0.25, 0.3) is 5.91 Å². The van der Waals surface area contributed by atoms with Crippen LogP contribution in [0.25, 0.3) is 0 Å². The molecule has 2 aromatic heterocycles. The van der Waals surface area contributed by atoms with Crippen LogP contribution in [-0.2, 0) is 5.75 Å². The van der Waals surface area contributed by atoms with E-state index in [-0.39, 0.29) is 5.91 Å². The summed E-state index contributed by atoms with van der Waals surface area (Å²) in [4.78, 5) is 24.1. The number of aryl methyl sites for hydroxylation is 1. The second kappa shape index (κ2) is 8.51. The normalized spacial score (nSPS) is 17.4. The highest BCUT2D eigenvalue weighted by Crippen LogP contribution is 2.38. The zero-order valence-corrected chi connectivity index (χ0v) is 18.6. The number of likely N-dealkylation sites (tertiary alicyclic amines) is 1. The van der Waals surface area contributed by atoms with E-state index in [9.17, 15) is 4.79 Å². The second-order valence-corrected chi connectivity index (χ2v) is 10.2. The molecule has 5 rings (SSSR count). The number of nitrogens with one attached hydrogen (secondary N) is 1. The SMILES string of the molecule is Cc1csc(SCc2ccc(C(=O)N3CCC(c4nc(C5CC5)n[nH]4)CC3)cc2)n1. The topological polar surface area (TPSA) is 74.8 Å². The maximum atomic E-state index is 12.9. The van der Waals surface area contributed by atoms with Gasteiger partial charge in [-0.3, -0.25) is 9.89 Å². The Morgan fingerprint density at radius 1 is 1.13 bits per heavy atom. The van der Waals surface area contributed by atoms with Crippen molar-refractivity contribution in [3.05, 3.63) is 58.1 Å². The first-order valence-corrected chi connectivity index (χ1v) is 12.4. The number of H-pyrrole nitrogens is 1. The fourth-order valence-electron chi connectivity index (χ4n) is 3.82. The second-order valence-electron chi connectivity index (χ2n) is 8.16. The third kappa shape index (κ3) is 4.44. The molecule has 8 heteroatoms. The largest absolute Gasteiger partial charge is 0.339 e. The first-order chi connectivity index (χ1) is 14.7. The molecule has 2 fully saturated rings. The molecule has 6 nitrogen and oxygen atoms in total. The summed E-state index contributed by atoms with van der Waals surface area (Å²) in [7, 11) is 0. The molecule has 1 saturated heterocycles. The Morgan fingerprint density at radius 3 is 2.57 bits per heavy atom. The molecular formula is C22H25N5OS2. The fraction of sp³-hybridized carbons (Fsp3) is 0.455. The Kier molecular flexibility index (Phi) is 5.60. The number of benzene rings is 1. The van der Waals surface area contributed by atoms with E-state index in [4.69, 9.17) is 4.98 Å². The Balaban J connectivity index is 1.14. The first kappa shape index (κ1) is 19.8. The molecule has 1 aromatic carbocycles. The Labute approximate surface area is 184 Å². The molecule has 3 heterocycles. The van der Waals surface area contributed by atoms with Gasteiger partial charge < -0.3 is 4.90 Å². The zero-order chi connectivity index (χ0) is 20.5. The summed E-state index contributed by atoms with van der Waals surface area (Å²) in [6.07, 6.45) is 4.30. The van der Waals surface area contributed by atoms with Crippen molar-refractivity contribution in [3.8, 4) is 0 Å². The number of thiazole rings is 1.